The average molecular weight is 494 g/mol. The van der Waals surface area contributed by atoms with E-state index < -0.39 is 0 Å². The summed E-state index contributed by atoms with van der Waals surface area (Å²) in [5, 5.41) is 22.7. The molecule has 176 valence electrons. The number of nitriles is 1. The first-order valence-corrected chi connectivity index (χ1v) is 13.1. The predicted molar refractivity (Wildman–Crippen MR) is 136 cm³/mol. The number of methoxy groups -OCH3 is 1. The van der Waals surface area contributed by atoms with Crippen LogP contribution in [0.2, 0.25) is 0 Å². The zero-order valence-electron chi connectivity index (χ0n) is 19.2. The fraction of sp³-hybridized carbons (Fsp3) is 0.360. The molecule has 0 atom stereocenters. The normalized spacial score (nSPS) is 13.3. The third-order valence-electron chi connectivity index (χ3n) is 5.75. The number of rotatable bonds is 8. The zero-order valence-corrected chi connectivity index (χ0v) is 20.8. The third-order valence-corrected chi connectivity index (χ3v) is 7.92. The van der Waals surface area contributed by atoms with Gasteiger partial charge in [0.1, 0.15) is 16.8 Å². The molecule has 0 radical (unpaired) electrons. The van der Waals surface area contributed by atoms with Gasteiger partial charge in [-0.1, -0.05) is 30.7 Å². The van der Waals surface area contributed by atoms with Crippen molar-refractivity contribution in [3.8, 4) is 23.2 Å². The SMILES string of the molecule is C=CCn1c(SCC(=O)Nc2sc3c(c2C#N)CCCCCC3)nnc1-c1ccc(OC)cc1. The molecule has 2 aromatic heterocycles. The van der Waals surface area contributed by atoms with Crippen LogP contribution in [0.25, 0.3) is 11.4 Å². The van der Waals surface area contributed by atoms with Crippen molar-refractivity contribution in [1.82, 2.24) is 14.8 Å². The maximum absolute atomic E-state index is 12.8. The summed E-state index contributed by atoms with van der Waals surface area (Å²) < 4.78 is 7.17. The highest BCUT2D eigenvalue weighted by atomic mass is 32.2. The number of fused-ring (bicyclic) bond motifs is 1. The summed E-state index contributed by atoms with van der Waals surface area (Å²) in [6.45, 7) is 4.36. The highest BCUT2D eigenvalue weighted by Gasteiger charge is 2.21. The Labute approximate surface area is 207 Å². The second kappa shape index (κ2) is 11.4. The standard InChI is InChI=1S/C25H27N5O2S2/c1-3-14-30-23(17-10-12-18(32-2)13-11-17)28-29-25(30)33-16-22(31)27-24-20(15-26)19-8-6-4-5-7-9-21(19)34-24/h3,10-13H,1,4-9,14,16H2,2H3,(H,27,31). The number of benzene rings is 1. The molecule has 1 aromatic carbocycles. The Hall–Kier alpha value is -3.09. The van der Waals surface area contributed by atoms with Crippen LogP contribution in [0.5, 0.6) is 5.75 Å². The molecule has 3 aromatic rings. The van der Waals surface area contributed by atoms with Gasteiger partial charge in [-0.2, -0.15) is 5.26 Å². The summed E-state index contributed by atoms with van der Waals surface area (Å²) >= 11 is 2.87. The summed E-state index contributed by atoms with van der Waals surface area (Å²) in [5.74, 6) is 1.49. The van der Waals surface area contributed by atoms with Crippen molar-refractivity contribution in [2.75, 3.05) is 18.2 Å². The van der Waals surface area contributed by atoms with Crippen LogP contribution in [-0.2, 0) is 24.2 Å². The van der Waals surface area contributed by atoms with Crippen LogP contribution >= 0.6 is 23.1 Å². The van der Waals surface area contributed by atoms with Crippen LogP contribution in [0.1, 0.15) is 41.7 Å². The number of amides is 1. The number of hydrogen-bond donors (Lipinski definition) is 1. The monoisotopic (exact) mass is 493 g/mol. The summed E-state index contributed by atoms with van der Waals surface area (Å²) in [7, 11) is 1.63. The van der Waals surface area contributed by atoms with Gasteiger partial charge in [0.05, 0.1) is 18.4 Å². The first-order chi connectivity index (χ1) is 16.6. The molecule has 4 rings (SSSR count). The Morgan fingerprint density at radius 2 is 2.03 bits per heavy atom. The van der Waals surface area contributed by atoms with Gasteiger partial charge in [0.15, 0.2) is 11.0 Å². The van der Waals surface area contributed by atoms with E-state index in [-0.39, 0.29) is 11.7 Å². The van der Waals surface area contributed by atoms with Crippen molar-refractivity contribution in [1.29, 1.82) is 5.26 Å². The van der Waals surface area contributed by atoms with Crippen molar-refractivity contribution < 1.29 is 9.53 Å². The molecule has 0 unspecified atom stereocenters. The number of thioether (sulfide) groups is 1. The van der Waals surface area contributed by atoms with E-state index in [2.05, 4.69) is 28.2 Å². The molecule has 0 bridgehead atoms. The minimum absolute atomic E-state index is 0.158. The van der Waals surface area contributed by atoms with Gasteiger partial charge in [0.2, 0.25) is 5.91 Å². The van der Waals surface area contributed by atoms with Crippen molar-refractivity contribution in [2.45, 2.75) is 50.2 Å². The lowest BCUT2D eigenvalue weighted by atomic mass is 9.97. The zero-order chi connectivity index (χ0) is 23.9. The number of hydrogen-bond acceptors (Lipinski definition) is 7. The lowest BCUT2D eigenvalue weighted by Gasteiger charge is -2.09. The van der Waals surface area contributed by atoms with Gasteiger partial charge in [-0.3, -0.25) is 9.36 Å². The first kappa shape index (κ1) is 24.0. The summed E-state index contributed by atoms with van der Waals surface area (Å²) in [5.41, 5.74) is 2.67. The average Bonchev–Trinajstić information content (AvgIpc) is 3.38. The second-order valence-corrected chi connectivity index (χ2v) is 10.1. The number of aromatic nitrogens is 3. The van der Waals surface area contributed by atoms with Crippen LogP contribution in [0.3, 0.4) is 0 Å². The van der Waals surface area contributed by atoms with E-state index in [1.807, 2.05) is 28.8 Å². The molecular formula is C25H27N5O2S2. The van der Waals surface area contributed by atoms with Gasteiger partial charge in [0.25, 0.3) is 0 Å². The van der Waals surface area contributed by atoms with Crippen LogP contribution in [0.15, 0.2) is 42.1 Å². The molecule has 1 amide bonds. The largest absolute Gasteiger partial charge is 0.497 e. The Morgan fingerprint density at radius 3 is 2.74 bits per heavy atom. The van der Waals surface area contributed by atoms with Gasteiger partial charge in [0, 0.05) is 17.0 Å². The molecule has 1 aliphatic rings. The molecule has 2 heterocycles. The molecule has 0 spiro atoms. The highest BCUT2D eigenvalue weighted by molar-refractivity contribution is 7.99. The molecule has 34 heavy (non-hydrogen) atoms. The quantitative estimate of drug-likeness (QED) is 0.331. The minimum Gasteiger partial charge on any atom is -0.497 e. The minimum atomic E-state index is -0.158. The summed E-state index contributed by atoms with van der Waals surface area (Å²) in [4.78, 5) is 14.0. The van der Waals surface area contributed by atoms with Crippen LogP contribution in [0, 0.1) is 11.3 Å². The van der Waals surface area contributed by atoms with E-state index in [1.54, 1.807) is 24.5 Å². The van der Waals surface area contributed by atoms with Crippen LogP contribution < -0.4 is 10.1 Å². The number of anilines is 1. The van der Waals surface area contributed by atoms with E-state index in [4.69, 9.17) is 4.74 Å². The maximum Gasteiger partial charge on any atom is 0.235 e. The predicted octanol–water partition coefficient (Wildman–Crippen LogP) is 5.46. The van der Waals surface area contributed by atoms with Crippen molar-refractivity contribution in [3.05, 3.63) is 52.9 Å². The van der Waals surface area contributed by atoms with Crippen molar-refractivity contribution in [2.24, 2.45) is 0 Å². The van der Waals surface area contributed by atoms with Crippen molar-refractivity contribution >= 4 is 34.0 Å². The number of carbonyl (C=O) groups is 1. The fourth-order valence-corrected chi connectivity index (χ4v) is 6.07. The lowest BCUT2D eigenvalue weighted by Crippen LogP contribution is -2.14. The molecule has 9 heteroatoms. The Bertz CT molecular complexity index is 1210. The molecule has 1 aliphatic carbocycles. The molecule has 7 nitrogen and oxygen atoms in total. The number of nitrogens with zero attached hydrogens (tertiary/aromatic N) is 4. The van der Waals surface area contributed by atoms with Crippen molar-refractivity contribution in [3.63, 3.8) is 0 Å². The first-order valence-electron chi connectivity index (χ1n) is 11.3. The number of thiophene rings is 1. The van der Waals surface area contributed by atoms with Gasteiger partial charge in [-0.15, -0.1) is 28.1 Å². The molecule has 0 aliphatic heterocycles. The van der Waals surface area contributed by atoms with Gasteiger partial charge in [-0.05, 0) is 55.5 Å². The van der Waals surface area contributed by atoms with Gasteiger partial charge >= 0.3 is 0 Å². The summed E-state index contributed by atoms with van der Waals surface area (Å²) in [6, 6.07) is 9.93. The molecule has 0 fully saturated rings. The molecule has 1 N–H and O–H groups in total. The fourth-order valence-electron chi connectivity index (χ4n) is 4.06. The van der Waals surface area contributed by atoms with Gasteiger partial charge < -0.3 is 10.1 Å². The number of ether oxygens (including phenoxy) is 1. The smallest absolute Gasteiger partial charge is 0.235 e. The van der Waals surface area contributed by atoms with E-state index in [1.165, 1.54) is 29.5 Å². The van der Waals surface area contributed by atoms with Crippen LogP contribution in [0.4, 0.5) is 5.00 Å². The second-order valence-electron chi connectivity index (χ2n) is 8.00. The molecular weight excluding hydrogens is 466 g/mol. The Kier molecular flexibility index (Phi) is 8.03. The Balaban J connectivity index is 1.47. The number of allylic oxidation sites excluding steroid dienone is 1. The number of aryl methyl sites for hydroxylation is 1. The number of carbonyl (C=O) groups excluding carboxylic acids is 1. The molecule has 0 saturated heterocycles. The highest BCUT2D eigenvalue weighted by Crippen LogP contribution is 2.36. The number of nitrogens with one attached hydrogen (secondary N) is 1. The lowest BCUT2D eigenvalue weighted by molar-refractivity contribution is -0.113. The van der Waals surface area contributed by atoms with E-state index in [0.717, 1.165) is 42.6 Å². The van der Waals surface area contributed by atoms with E-state index in [9.17, 15) is 10.1 Å². The maximum atomic E-state index is 12.8. The van der Waals surface area contributed by atoms with E-state index in [0.29, 0.717) is 28.1 Å². The van der Waals surface area contributed by atoms with Crippen LogP contribution in [-0.4, -0.2) is 33.5 Å². The Morgan fingerprint density at radius 1 is 1.26 bits per heavy atom. The van der Waals surface area contributed by atoms with E-state index >= 15 is 0 Å². The summed E-state index contributed by atoms with van der Waals surface area (Å²) in [6.07, 6.45) is 8.33. The third kappa shape index (κ3) is 5.34. The van der Waals surface area contributed by atoms with Gasteiger partial charge in [-0.25, -0.2) is 0 Å². The molecule has 0 saturated carbocycles. The topological polar surface area (TPSA) is 92.8 Å².